The van der Waals surface area contributed by atoms with Crippen LogP contribution in [0, 0.1) is 18.3 Å². The van der Waals surface area contributed by atoms with Crippen molar-refractivity contribution in [2.24, 2.45) is 0 Å². The summed E-state index contributed by atoms with van der Waals surface area (Å²) in [6.45, 7) is 7.22. The summed E-state index contributed by atoms with van der Waals surface area (Å²) in [5, 5.41) is 12.4. The van der Waals surface area contributed by atoms with Crippen LogP contribution in [-0.2, 0) is 9.53 Å². The van der Waals surface area contributed by atoms with Crippen molar-refractivity contribution in [3.63, 3.8) is 0 Å². The van der Waals surface area contributed by atoms with E-state index in [0.29, 0.717) is 27.4 Å². The molecule has 1 N–H and O–H groups in total. The molecule has 0 aliphatic rings. The van der Waals surface area contributed by atoms with Crippen molar-refractivity contribution in [2.45, 2.75) is 53.1 Å². The molecule has 0 atom stereocenters. The Labute approximate surface area is 128 Å². The first-order chi connectivity index (χ1) is 9.90. The van der Waals surface area contributed by atoms with Crippen molar-refractivity contribution in [1.29, 1.82) is 5.26 Å². The fourth-order valence-corrected chi connectivity index (χ4v) is 2.78. The summed E-state index contributed by atoms with van der Waals surface area (Å²) < 4.78 is 5.15. The van der Waals surface area contributed by atoms with Gasteiger partial charge in [0.2, 0.25) is 5.91 Å². The van der Waals surface area contributed by atoms with E-state index in [1.54, 1.807) is 20.8 Å². The zero-order chi connectivity index (χ0) is 16.0. The first-order valence-corrected chi connectivity index (χ1v) is 7.76. The van der Waals surface area contributed by atoms with Crippen LogP contribution in [-0.4, -0.2) is 18.0 Å². The summed E-state index contributed by atoms with van der Waals surface area (Å²) in [7, 11) is 0. The lowest BCUT2D eigenvalue weighted by Gasteiger charge is -2.06. The molecule has 1 aromatic rings. The quantitative estimate of drug-likeness (QED) is 0.814. The largest absolute Gasteiger partial charge is 0.459 e. The molecule has 0 radical (unpaired) electrons. The van der Waals surface area contributed by atoms with Crippen molar-refractivity contribution < 1.29 is 14.3 Å². The van der Waals surface area contributed by atoms with Crippen molar-refractivity contribution in [1.82, 2.24) is 0 Å². The third kappa shape index (κ3) is 4.57. The molecule has 0 saturated carbocycles. The summed E-state index contributed by atoms with van der Waals surface area (Å²) in [5.41, 5.74) is 0.888. The van der Waals surface area contributed by atoms with Gasteiger partial charge in [0.1, 0.15) is 15.9 Å². The number of carbonyl (C=O) groups is 2. The van der Waals surface area contributed by atoms with E-state index < -0.39 is 5.97 Å². The van der Waals surface area contributed by atoms with Gasteiger partial charge in [-0.25, -0.2) is 4.79 Å². The number of carbonyl (C=O) groups excluding carboxylic acids is 2. The molecule has 1 rings (SSSR count). The van der Waals surface area contributed by atoms with Crippen molar-refractivity contribution in [3.05, 3.63) is 16.0 Å². The number of anilines is 1. The highest BCUT2D eigenvalue weighted by molar-refractivity contribution is 7.18. The Morgan fingerprint density at radius 3 is 2.62 bits per heavy atom. The molecule has 1 heterocycles. The smallest absolute Gasteiger partial charge is 0.348 e. The van der Waals surface area contributed by atoms with Gasteiger partial charge >= 0.3 is 5.97 Å². The second kappa shape index (κ2) is 7.79. The van der Waals surface area contributed by atoms with Crippen LogP contribution in [0.3, 0.4) is 0 Å². The van der Waals surface area contributed by atoms with E-state index in [2.05, 4.69) is 5.32 Å². The molecule has 0 saturated heterocycles. The minimum atomic E-state index is -0.460. The number of nitriles is 1. The summed E-state index contributed by atoms with van der Waals surface area (Å²) in [4.78, 5) is 24.1. The summed E-state index contributed by atoms with van der Waals surface area (Å²) in [5.74, 6) is -0.601. The Morgan fingerprint density at radius 2 is 2.10 bits per heavy atom. The first kappa shape index (κ1) is 17.2. The topological polar surface area (TPSA) is 79.2 Å². The Morgan fingerprint density at radius 1 is 1.43 bits per heavy atom. The van der Waals surface area contributed by atoms with Gasteiger partial charge in [-0.05, 0) is 32.8 Å². The van der Waals surface area contributed by atoms with E-state index in [-0.39, 0.29) is 12.0 Å². The minimum absolute atomic E-state index is 0.140. The average Bonchev–Trinajstić information content (AvgIpc) is 2.71. The van der Waals surface area contributed by atoms with Crippen LogP contribution in [0.4, 0.5) is 5.00 Å². The maximum atomic E-state index is 12.0. The molecule has 0 aliphatic carbocycles. The van der Waals surface area contributed by atoms with E-state index in [9.17, 15) is 14.9 Å². The van der Waals surface area contributed by atoms with Crippen LogP contribution >= 0.6 is 11.3 Å². The molecule has 0 aromatic carbocycles. The molecule has 21 heavy (non-hydrogen) atoms. The van der Waals surface area contributed by atoms with Gasteiger partial charge in [0, 0.05) is 6.42 Å². The van der Waals surface area contributed by atoms with Crippen LogP contribution < -0.4 is 5.32 Å². The van der Waals surface area contributed by atoms with Gasteiger partial charge in [-0.1, -0.05) is 13.3 Å². The molecule has 5 nitrogen and oxygen atoms in total. The Balaban J connectivity index is 2.98. The lowest BCUT2D eigenvalue weighted by molar-refractivity contribution is -0.116. The van der Waals surface area contributed by atoms with Crippen molar-refractivity contribution in [2.75, 3.05) is 5.32 Å². The van der Waals surface area contributed by atoms with Gasteiger partial charge < -0.3 is 10.1 Å². The molecular weight excluding hydrogens is 288 g/mol. The highest BCUT2D eigenvalue weighted by Crippen LogP contribution is 2.33. The second-order valence-corrected chi connectivity index (χ2v) is 6.00. The maximum Gasteiger partial charge on any atom is 0.348 e. The molecule has 1 amide bonds. The molecule has 114 valence electrons. The normalized spacial score (nSPS) is 10.3. The molecule has 6 heteroatoms. The van der Waals surface area contributed by atoms with E-state index in [4.69, 9.17) is 4.74 Å². The van der Waals surface area contributed by atoms with Gasteiger partial charge in [-0.15, -0.1) is 11.3 Å². The molecule has 0 bridgehead atoms. The number of amides is 1. The van der Waals surface area contributed by atoms with Crippen LogP contribution in [0.5, 0.6) is 0 Å². The number of thiophene rings is 1. The predicted octanol–water partition coefficient (Wildman–Crippen LogP) is 3.62. The highest BCUT2D eigenvalue weighted by Gasteiger charge is 2.22. The number of unbranched alkanes of at least 4 members (excludes halogenated alkanes) is 1. The van der Waals surface area contributed by atoms with Crippen LogP contribution in [0.15, 0.2) is 0 Å². The number of nitrogens with zero attached hydrogens (tertiary/aromatic N) is 1. The molecule has 0 spiro atoms. The van der Waals surface area contributed by atoms with Gasteiger partial charge in [-0.3, -0.25) is 4.79 Å². The second-order valence-electron chi connectivity index (χ2n) is 4.98. The fourth-order valence-electron chi connectivity index (χ4n) is 1.72. The third-order valence-electron chi connectivity index (χ3n) is 2.80. The van der Waals surface area contributed by atoms with Crippen LogP contribution in [0.25, 0.3) is 0 Å². The van der Waals surface area contributed by atoms with Crippen LogP contribution in [0.2, 0.25) is 0 Å². The summed E-state index contributed by atoms with van der Waals surface area (Å²) in [6, 6.07) is 2.04. The molecule has 0 fully saturated rings. The number of nitrogens with one attached hydrogen (secondary N) is 1. The van der Waals surface area contributed by atoms with Crippen LogP contribution in [0.1, 0.15) is 60.8 Å². The summed E-state index contributed by atoms with van der Waals surface area (Å²) >= 11 is 1.09. The standard InChI is InChI=1S/C15H20N2O3S/c1-5-6-7-12(18)17-14-11(8-16)10(4)13(21-14)15(19)20-9(2)3/h9H,5-7H2,1-4H3,(H,17,18). The SMILES string of the molecule is CCCCC(=O)Nc1sc(C(=O)OC(C)C)c(C)c1C#N. The Kier molecular flexibility index (Phi) is 6.38. The number of rotatable bonds is 6. The molecular formula is C15H20N2O3S. The van der Waals surface area contributed by atoms with Gasteiger partial charge in [0.05, 0.1) is 11.7 Å². The lowest BCUT2D eigenvalue weighted by atomic mass is 10.1. The van der Waals surface area contributed by atoms with E-state index in [1.165, 1.54) is 0 Å². The molecule has 1 aromatic heterocycles. The van der Waals surface area contributed by atoms with Gasteiger partial charge in [0.15, 0.2) is 0 Å². The zero-order valence-corrected chi connectivity index (χ0v) is 13.6. The molecule has 0 unspecified atom stereocenters. The Hall–Kier alpha value is -1.87. The predicted molar refractivity (Wildman–Crippen MR) is 82.5 cm³/mol. The number of hydrogen-bond acceptors (Lipinski definition) is 5. The Bertz CT molecular complexity index is 570. The van der Waals surface area contributed by atoms with E-state index in [0.717, 1.165) is 24.2 Å². The average molecular weight is 308 g/mol. The molecule has 0 aliphatic heterocycles. The number of hydrogen-bond donors (Lipinski definition) is 1. The van der Waals surface area contributed by atoms with Crippen molar-refractivity contribution in [3.8, 4) is 6.07 Å². The van der Waals surface area contributed by atoms with E-state index in [1.807, 2.05) is 13.0 Å². The minimum Gasteiger partial charge on any atom is -0.459 e. The fraction of sp³-hybridized carbons (Fsp3) is 0.533. The van der Waals surface area contributed by atoms with Crippen molar-refractivity contribution >= 4 is 28.2 Å². The zero-order valence-electron chi connectivity index (χ0n) is 12.8. The maximum absolute atomic E-state index is 12.0. The number of ether oxygens (including phenoxy) is 1. The van der Waals surface area contributed by atoms with Gasteiger partial charge in [0.25, 0.3) is 0 Å². The number of esters is 1. The highest BCUT2D eigenvalue weighted by atomic mass is 32.1. The monoisotopic (exact) mass is 308 g/mol. The summed E-state index contributed by atoms with van der Waals surface area (Å²) in [6.07, 6.45) is 1.89. The van der Waals surface area contributed by atoms with Gasteiger partial charge in [-0.2, -0.15) is 5.26 Å². The van der Waals surface area contributed by atoms with E-state index >= 15 is 0 Å². The third-order valence-corrected chi connectivity index (χ3v) is 3.98. The first-order valence-electron chi connectivity index (χ1n) is 6.95. The lowest BCUT2D eigenvalue weighted by Crippen LogP contribution is -2.11.